The molecule has 0 aromatic rings. The molecular formula is C27H52O5. The molecule has 0 bridgehead atoms. The van der Waals surface area contributed by atoms with Crippen LogP contribution in [0.15, 0.2) is 12.7 Å². The lowest BCUT2D eigenvalue weighted by molar-refractivity contribution is -0.139. The van der Waals surface area contributed by atoms with Crippen molar-refractivity contribution >= 4 is 5.97 Å². The van der Waals surface area contributed by atoms with Gasteiger partial charge in [0, 0.05) is 12.7 Å². The summed E-state index contributed by atoms with van der Waals surface area (Å²) >= 11 is 0. The molecule has 0 fully saturated rings. The fourth-order valence-corrected chi connectivity index (χ4v) is 3.55. The van der Waals surface area contributed by atoms with Gasteiger partial charge in [0.15, 0.2) is 0 Å². The van der Waals surface area contributed by atoms with Gasteiger partial charge in [0.25, 0.3) is 0 Å². The molecule has 190 valence electrons. The molecule has 0 N–H and O–H groups in total. The number of hydrogen-bond acceptors (Lipinski definition) is 5. The van der Waals surface area contributed by atoms with Gasteiger partial charge in [-0.25, -0.2) is 4.79 Å². The van der Waals surface area contributed by atoms with E-state index in [1.807, 2.05) is 0 Å². The molecular weight excluding hydrogens is 404 g/mol. The Hall–Kier alpha value is -0.910. The summed E-state index contributed by atoms with van der Waals surface area (Å²) in [5.41, 5.74) is 0. The summed E-state index contributed by atoms with van der Waals surface area (Å²) in [6.45, 7) is 9.30. The SMILES string of the molecule is C=CC(=O)OCCOCCOCCOCCCCCCCCCCCCCCCCCC. The summed E-state index contributed by atoms with van der Waals surface area (Å²) in [6, 6.07) is 0. The number of ether oxygens (including phenoxy) is 4. The van der Waals surface area contributed by atoms with E-state index in [4.69, 9.17) is 18.9 Å². The van der Waals surface area contributed by atoms with Crippen LogP contribution in [0.3, 0.4) is 0 Å². The zero-order valence-corrected chi connectivity index (χ0v) is 21.1. The maximum Gasteiger partial charge on any atom is 0.330 e. The number of rotatable bonds is 27. The van der Waals surface area contributed by atoms with Crippen LogP contribution >= 0.6 is 0 Å². The molecule has 32 heavy (non-hydrogen) atoms. The maximum atomic E-state index is 10.8. The number of esters is 1. The Labute approximate surface area is 198 Å². The average Bonchev–Trinajstić information content (AvgIpc) is 2.81. The minimum Gasteiger partial charge on any atom is -0.460 e. The van der Waals surface area contributed by atoms with Gasteiger partial charge in [-0.15, -0.1) is 0 Å². The molecule has 0 saturated carbocycles. The Kier molecular flexibility index (Phi) is 27.3. The van der Waals surface area contributed by atoms with Gasteiger partial charge in [-0.1, -0.05) is 110 Å². The summed E-state index contributed by atoms with van der Waals surface area (Å²) in [5, 5.41) is 0. The molecule has 0 saturated heterocycles. The number of hydrogen-bond donors (Lipinski definition) is 0. The normalized spacial score (nSPS) is 11.0. The minimum atomic E-state index is -0.425. The number of carbonyl (C=O) groups excluding carboxylic acids is 1. The Morgan fingerprint density at radius 2 is 0.875 bits per heavy atom. The Morgan fingerprint density at radius 1 is 0.531 bits per heavy atom. The van der Waals surface area contributed by atoms with E-state index >= 15 is 0 Å². The van der Waals surface area contributed by atoms with E-state index < -0.39 is 5.97 Å². The molecule has 0 spiro atoms. The third kappa shape index (κ3) is 27.1. The zero-order valence-electron chi connectivity index (χ0n) is 21.1. The van der Waals surface area contributed by atoms with Crippen molar-refractivity contribution in [2.75, 3.05) is 46.2 Å². The monoisotopic (exact) mass is 456 g/mol. The van der Waals surface area contributed by atoms with Crippen LogP contribution in [0, 0.1) is 0 Å². The highest BCUT2D eigenvalue weighted by molar-refractivity contribution is 5.81. The van der Waals surface area contributed by atoms with Gasteiger partial charge in [-0.05, 0) is 6.42 Å². The first-order valence-electron chi connectivity index (χ1n) is 13.3. The van der Waals surface area contributed by atoms with E-state index in [9.17, 15) is 4.79 Å². The van der Waals surface area contributed by atoms with Crippen molar-refractivity contribution in [2.45, 2.75) is 110 Å². The van der Waals surface area contributed by atoms with Gasteiger partial charge >= 0.3 is 5.97 Å². The van der Waals surface area contributed by atoms with Crippen LogP contribution in [0.4, 0.5) is 0 Å². The van der Waals surface area contributed by atoms with Gasteiger partial charge in [0.05, 0.1) is 33.0 Å². The molecule has 5 nitrogen and oxygen atoms in total. The van der Waals surface area contributed by atoms with Crippen LogP contribution in [0.5, 0.6) is 0 Å². The predicted octanol–water partition coefficient (Wildman–Crippen LogP) is 7.03. The fourth-order valence-electron chi connectivity index (χ4n) is 3.55. The van der Waals surface area contributed by atoms with Crippen molar-refractivity contribution < 1.29 is 23.7 Å². The number of carbonyl (C=O) groups is 1. The second-order valence-electron chi connectivity index (χ2n) is 8.51. The van der Waals surface area contributed by atoms with Crippen molar-refractivity contribution in [3.8, 4) is 0 Å². The first-order chi connectivity index (χ1) is 15.8. The lowest BCUT2D eigenvalue weighted by atomic mass is 10.0. The van der Waals surface area contributed by atoms with E-state index in [2.05, 4.69) is 13.5 Å². The standard InChI is InChI=1S/C27H52O5/c1-3-5-6-7-8-9-10-11-12-13-14-15-16-17-18-19-20-29-21-22-30-23-24-31-25-26-32-27(28)4-2/h4H,2-3,5-26H2,1H3. The van der Waals surface area contributed by atoms with Gasteiger partial charge in [-0.3, -0.25) is 0 Å². The molecule has 5 heteroatoms. The zero-order chi connectivity index (χ0) is 23.4. The maximum absolute atomic E-state index is 10.8. The first-order valence-corrected chi connectivity index (χ1v) is 13.3. The van der Waals surface area contributed by atoms with Crippen molar-refractivity contribution in [3.05, 3.63) is 12.7 Å². The van der Waals surface area contributed by atoms with E-state index in [1.165, 1.54) is 96.3 Å². The molecule has 0 aliphatic rings. The summed E-state index contributed by atoms with van der Waals surface area (Å²) in [6.07, 6.45) is 23.3. The third-order valence-electron chi connectivity index (χ3n) is 5.52. The van der Waals surface area contributed by atoms with E-state index in [-0.39, 0.29) is 6.61 Å². The molecule has 0 heterocycles. The highest BCUT2D eigenvalue weighted by atomic mass is 16.6. The Bertz CT molecular complexity index is 386. The summed E-state index contributed by atoms with van der Waals surface area (Å²) in [5.74, 6) is -0.425. The largest absolute Gasteiger partial charge is 0.460 e. The molecule has 0 aliphatic carbocycles. The minimum absolute atomic E-state index is 0.243. The van der Waals surface area contributed by atoms with Crippen LogP contribution in [0.25, 0.3) is 0 Å². The molecule has 0 amide bonds. The molecule has 0 aromatic heterocycles. The van der Waals surface area contributed by atoms with E-state index in [1.54, 1.807) is 0 Å². The summed E-state index contributed by atoms with van der Waals surface area (Å²) in [4.78, 5) is 10.8. The predicted molar refractivity (Wildman–Crippen MR) is 133 cm³/mol. The highest BCUT2D eigenvalue weighted by Crippen LogP contribution is 2.13. The van der Waals surface area contributed by atoms with Crippen molar-refractivity contribution in [3.63, 3.8) is 0 Å². The number of unbranched alkanes of at least 4 members (excludes halogenated alkanes) is 15. The Morgan fingerprint density at radius 3 is 1.28 bits per heavy atom. The van der Waals surface area contributed by atoms with Crippen LogP contribution in [-0.4, -0.2) is 52.2 Å². The molecule has 0 aromatic carbocycles. The topological polar surface area (TPSA) is 54.0 Å². The molecule has 0 aliphatic heterocycles. The third-order valence-corrected chi connectivity index (χ3v) is 5.52. The smallest absolute Gasteiger partial charge is 0.330 e. The Balaban J connectivity index is 3.02. The molecule has 0 atom stereocenters. The molecule has 0 radical (unpaired) electrons. The quantitative estimate of drug-likeness (QED) is 0.0754. The van der Waals surface area contributed by atoms with Gasteiger partial charge in [0.1, 0.15) is 6.61 Å². The molecule has 0 unspecified atom stereocenters. The van der Waals surface area contributed by atoms with E-state index in [0.29, 0.717) is 33.0 Å². The van der Waals surface area contributed by atoms with Crippen LogP contribution in [0.1, 0.15) is 110 Å². The van der Waals surface area contributed by atoms with Gasteiger partial charge in [0.2, 0.25) is 0 Å². The molecule has 0 rings (SSSR count). The summed E-state index contributed by atoms with van der Waals surface area (Å²) in [7, 11) is 0. The first kappa shape index (κ1) is 31.1. The average molecular weight is 457 g/mol. The van der Waals surface area contributed by atoms with Crippen molar-refractivity contribution in [1.82, 2.24) is 0 Å². The van der Waals surface area contributed by atoms with Crippen molar-refractivity contribution in [2.24, 2.45) is 0 Å². The highest BCUT2D eigenvalue weighted by Gasteiger charge is 1.97. The fraction of sp³-hybridized carbons (Fsp3) is 0.889. The van der Waals surface area contributed by atoms with Crippen molar-refractivity contribution in [1.29, 1.82) is 0 Å². The van der Waals surface area contributed by atoms with Crippen LogP contribution < -0.4 is 0 Å². The van der Waals surface area contributed by atoms with Crippen LogP contribution in [-0.2, 0) is 23.7 Å². The van der Waals surface area contributed by atoms with Crippen LogP contribution in [0.2, 0.25) is 0 Å². The summed E-state index contributed by atoms with van der Waals surface area (Å²) < 4.78 is 21.1. The second-order valence-corrected chi connectivity index (χ2v) is 8.51. The lowest BCUT2D eigenvalue weighted by Gasteiger charge is -2.07. The van der Waals surface area contributed by atoms with Gasteiger partial charge < -0.3 is 18.9 Å². The lowest BCUT2D eigenvalue weighted by Crippen LogP contribution is -2.13. The second kappa shape index (κ2) is 28.1. The van der Waals surface area contributed by atoms with Gasteiger partial charge in [-0.2, -0.15) is 0 Å². The van der Waals surface area contributed by atoms with E-state index in [0.717, 1.165) is 19.1 Å².